The number of non-ortho nitro benzene ring substituents is 1. The third kappa shape index (κ3) is 3.20. The summed E-state index contributed by atoms with van der Waals surface area (Å²) < 4.78 is 0. The van der Waals surface area contributed by atoms with Crippen LogP contribution < -0.4 is 10.6 Å². The zero-order valence-electron chi connectivity index (χ0n) is 10.2. The van der Waals surface area contributed by atoms with E-state index in [2.05, 4.69) is 15.6 Å². The number of rotatable bonds is 3. The van der Waals surface area contributed by atoms with E-state index < -0.39 is 17.0 Å². The lowest BCUT2D eigenvalue weighted by Gasteiger charge is -2.19. The first-order chi connectivity index (χ1) is 9.45. The molecule has 1 aliphatic rings. The molecule has 0 bridgehead atoms. The maximum atomic E-state index is 10.9. The number of anilines is 1. The van der Waals surface area contributed by atoms with Gasteiger partial charge in [0.1, 0.15) is 0 Å². The molecule has 106 valence electrons. The first-order valence-electron chi connectivity index (χ1n) is 5.72. The fourth-order valence-electron chi connectivity index (χ4n) is 1.66. The zero-order valence-corrected chi connectivity index (χ0v) is 10.2. The van der Waals surface area contributed by atoms with Gasteiger partial charge in [0.15, 0.2) is 5.96 Å². The molecule has 1 aliphatic heterocycles. The number of carbonyl (C=O) groups is 1. The predicted octanol–water partition coefficient (Wildman–Crippen LogP) is 0.0250. The molecular weight excluding hydrogens is 268 g/mol. The number of guanidine groups is 1. The van der Waals surface area contributed by atoms with Crippen molar-refractivity contribution in [3.8, 4) is 0 Å². The van der Waals surface area contributed by atoms with E-state index in [1.54, 1.807) is 0 Å². The molecule has 0 saturated heterocycles. The van der Waals surface area contributed by atoms with Crippen LogP contribution in [0.3, 0.4) is 0 Å². The summed E-state index contributed by atoms with van der Waals surface area (Å²) in [4.78, 5) is 25.0. The molecule has 0 unspecified atom stereocenters. The predicted molar refractivity (Wildman–Crippen MR) is 70.0 cm³/mol. The molecule has 1 aromatic carbocycles. The van der Waals surface area contributed by atoms with E-state index in [0.29, 0.717) is 12.5 Å². The molecular formula is C11H12N4O5. The van der Waals surface area contributed by atoms with Crippen LogP contribution in [0.4, 0.5) is 11.4 Å². The number of hydrogen-bond donors (Lipinski definition) is 4. The number of β-amino-alcohol motifs (C(OH)–C–C–N with tert-alkyl or cyclic N) is 1. The number of nitrogens with zero attached hydrogens (tertiary/aromatic N) is 2. The van der Waals surface area contributed by atoms with Crippen molar-refractivity contribution in [1.29, 1.82) is 0 Å². The Kier molecular flexibility index (Phi) is 3.80. The van der Waals surface area contributed by atoms with Gasteiger partial charge in [-0.1, -0.05) is 0 Å². The van der Waals surface area contributed by atoms with Crippen LogP contribution in [0.5, 0.6) is 0 Å². The van der Waals surface area contributed by atoms with Crippen molar-refractivity contribution >= 4 is 23.3 Å². The van der Waals surface area contributed by atoms with Crippen molar-refractivity contribution in [3.05, 3.63) is 33.9 Å². The highest BCUT2D eigenvalue weighted by Crippen LogP contribution is 2.21. The molecule has 1 aromatic rings. The van der Waals surface area contributed by atoms with E-state index in [4.69, 9.17) is 5.11 Å². The van der Waals surface area contributed by atoms with Crippen LogP contribution in [0.1, 0.15) is 10.4 Å². The van der Waals surface area contributed by atoms with Crippen molar-refractivity contribution in [2.45, 2.75) is 6.10 Å². The van der Waals surface area contributed by atoms with Gasteiger partial charge in [0.2, 0.25) is 0 Å². The minimum atomic E-state index is -1.26. The van der Waals surface area contributed by atoms with Gasteiger partial charge in [-0.25, -0.2) is 4.79 Å². The Morgan fingerprint density at radius 2 is 2.25 bits per heavy atom. The van der Waals surface area contributed by atoms with E-state index in [-0.39, 0.29) is 23.5 Å². The third-order valence-electron chi connectivity index (χ3n) is 2.60. The number of benzene rings is 1. The summed E-state index contributed by atoms with van der Waals surface area (Å²) in [6.45, 7) is 0.503. The Morgan fingerprint density at radius 3 is 2.80 bits per heavy atom. The molecule has 0 aromatic heterocycles. The summed E-state index contributed by atoms with van der Waals surface area (Å²) in [6.07, 6.45) is -0.583. The van der Waals surface area contributed by atoms with Crippen molar-refractivity contribution in [3.63, 3.8) is 0 Å². The minimum Gasteiger partial charge on any atom is -0.478 e. The largest absolute Gasteiger partial charge is 0.478 e. The van der Waals surface area contributed by atoms with Crippen LogP contribution >= 0.6 is 0 Å². The smallest absolute Gasteiger partial charge is 0.336 e. The number of carboxylic acids is 1. The lowest BCUT2D eigenvalue weighted by Crippen LogP contribution is -2.42. The summed E-state index contributed by atoms with van der Waals surface area (Å²) in [7, 11) is 0. The van der Waals surface area contributed by atoms with Gasteiger partial charge in [0.25, 0.3) is 5.69 Å². The lowest BCUT2D eigenvalue weighted by atomic mass is 10.1. The van der Waals surface area contributed by atoms with Crippen LogP contribution in [0, 0.1) is 10.1 Å². The van der Waals surface area contributed by atoms with Gasteiger partial charge in [0.05, 0.1) is 23.1 Å². The number of aliphatic imine (C=N–C) groups is 1. The van der Waals surface area contributed by atoms with E-state index >= 15 is 0 Å². The van der Waals surface area contributed by atoms with Crippen molar-refractivity contribution < 1.29 is 19.9 Å². The number of aliphatic hydroxyl groups is 1. The average molecular weight is 280 g/mol. The van der Waals surface area contributed by atoms with Crippen molar-refractivity contribution in [2.75, 3.05) is 18.4 Å². The standard InChI is InChI=1S/C11H12N4O5/c16-9-4-12-11(13-5-9)14-7-1-6(10(17)18)2-8(3-7)15(19)20/h1-3,9,16H,4-5H2,(H,17,18)(H2,12,13,14). The highest BCUT2D eigenvalue weighted by molar-refractivity contribution is 5.96. The van der Waals surface area contributed by atoms with Gasteiger partial charge in [0, 0.05) is 24.4 Å². The Morgan fingerprint density at radius 1 is 1.50 bits per heavy atom. The second-order valence-electron chi connectivity index (χ2n) is 4.18. The van der Waals surface area contributed by atoms with Crippen LogP contribution in [0.2, 0.25) is 0 Å². The molecule has 0 aliphatic carbocycles. The van der Waals surface area contributed by atoms with E-state index in [9.17, 15) is 20.0 Å². The molecule has 0 saturated carbocycles. The second kappa shape index (κ2) is 5.53. The highest BCUT2D eigenvalue weighted by Gasteiger charge is 2.16. The van der Waals surface area contributed by atoms with E-state index in [1.807, 2.05) is 0 Å². The van der Waals surface area contributed by atoms with E-state index in [0.717, 1.165) is 6.07 Å². The van der Waals surface area contributed by atoms with Crippen molar-refractivity contribution in [2.24, 2.45) is 4.99 Å². The Hall–Kier alpha value is -2.68. The lowest BCUT2D eigenvalue weighted by molar-refractivity contribution is -0.384. The molecule has 1 heterocycles. The van der Waals surface area contributed by atoms with E-state index in [1.165, 1.54) is 12.1 Å². The molecule has 2 rings (SSSR count). The second-order valence-corrected chi connectivity index (χ2v) is 4.18. The Balaban J connectivity index is 2.27. The topological polar surface area (TPSA) is 137 Å². The molecule has 9 heteroatoms. The first kappa shape index (κ1) is 13.7. The Bertz CT molecular complexity index is 554. The number of carboxylic acid groups (broad SMARTS) is 1. The molecule has 0 fully saturated rings. The molecule has 0 radical (unpaired) electrons. The fourth-order valence-corrected chi connectivity index (χ4v) is 1.66. The number of aliphatic hydroxyl groups excluding tert-OH is 1. The summed E-state index contributed by atoms with van der Waals surface area (Å²) in [6, 6.07) is 3.46. The fraction of sp³-hybridized carbons (Fsp3) is 0.273. The monoisotopic (exact) mass is 280 g/mol. The number of hydrogen-bond acceptors (Lipinski definition) is 7. The Labute approximate surface area is 113 Å². The van der Waals surface area contributed by atoms with Gasteiger partial charge in [-0.2, -0.15) is 0 Å². The SMILES string of the molecule is O=C(O)c1cc(NC2=NC[C@H](O)CN2)cc([N+](=O)[O-])c1. The number of nitro groups is 1. The van der Waals surface area contributed by atoms with Gasteiger partial charge in [-0.3, -0.25) is 15.1 Å². The molecule has 1 atom stereocenters. The molecule has 0 spiro atoms. The number of nitro benzene ring substituents is 1. The maximum Gasteiger partial charge on any atom is 0.336 e. The van der Waals surface area contributed by atoms with Gasteiger partial charge >= 0.3 is 5.97 Å². The molecule has 9 nitrogen and oxygen atoms in total. The molecule has 0 amide bonds. The number of nitrogens with one attached hydrogen (secondary N) is 2. The van der Waals surface area contributed by atoms with Crippen LogP contribution in [0.15, 0.2) is 23.2 Å². The summed E-state index contributed by atoms with van der Waals surface area (Å²) in [5.74, 6) is -0.933. The van der Waals surface area contributed by atoms with Gasteiger partial charge in [-0.05, 0) is 6.07 Å². The summed E-state index contributed by atoms with van der Waals surface area (Å²) in [5.41, 5.74) is -0.291. The summed E-state index contributed by atoms with van der Waals surface area (Å²) in [5, 5.41) is 34.5. The number of aromatic carboxylic acids is 1. The molecule has 4 N–H and O–H groups in total. The normalized spacial score (nSPS) is 17.9. The van der Waals surface area contributed by atoms with Gasteiger partial charge < -0.3 is 20.8 Å². The minimum absolute atomic E-state index is 0.196. The first-order valence-corrected chi connectivity index (χ1v) is 5.72. The van der Waals surface area contributed by atoms with Gasteiger partial charge in [-0.15, -0.1) is 0 Å². The quantitative estimate of drug-likeness (QED) is 0.452. The third-order valence-corrected chi connectivity index (χ3v) is 2.60. The average Bonchev–Trinajstić information content (AvgIpc) is 2.41. The zero-order chi connectivity index (χ0) is 14.7. The maximum absolute atomic E-state index is 10.9. The summed E-state index contributed by atoms with van der Waals surface area (Å²) >= 11 is 0. The van der Waals surface area contributed by atoms with Crippen LogP contribution in [0.25, 0.3) is 0 Å². The van der Waals surface area contributed by atoms with Crippen molar-refractivity contribution in [1.82, 2.24) is 5.32 Å². The van der Waals surface area contributed by atoms with Crippen LogP contribution in [-0.4, -0.2) is 46.3 Å². The highest BCUT2D eigenvalue weighted by atomic mass is 16.6. The van der Waals surface area contributed by atoms with Crippen LogP contribution in [-0.2, 0) is 0 Å². The molecule has 20 heavy (non-hydrogen) atoms.